The molecule has 35 heavy (non-hydrogen) atoms. The molecule has 4 heterocycles. The Kier molecular flexibility index (Phi) is 10.5. The van der Waals surface area contributed by atoms with E-state index in [-0.39, 0.29) is 17.1 Å². The van der Waals surface area contributed by atoms with Gasteiger partial charge in [-0.05, 0) is 36.4 Å². The number of benzene rings is 2. The normalized spacial score (nSPS) is 9.14. The Hall–Kier alpha value is -4.64. The zero-order chi connectivity index (χ0) is 24.2. The van der Waals surface area contributed by atoms with Gasteiger partial charge in [0.1, 0.15) is 0 Å². The van der Waals surface area contributed by atoms with Crippen LogP contribution in [0.15, 0.2) is 97.6 Å². The van der Waals surface area contributed by atoms with E-state index >= 15 is 0 Å². The molecule has 6 rings (SSSR count). The Morgan fingerprint density at radius 2 is 0.657 bits per heavy atom. The SMILES string of the molecule is [Mn+2].[N-]=C=O.[N-]=C=O.c1cnc2c(c1)ccc1cccnc12.c1cnc2c(c1)ccc1cccnc12. The first-order chi connectivity index (χ1) is 16.7. The third-order valence-corrected chi connectivity index (χ3v) is 4.69. The molecule has 0 amide bonds. The predicted molar refractivity (Wildman–Crippen MR) is 132 cm³/mol. The molecule has 6 aromatic rings. The van der Waals surface area contributed by atoms with Gasteiger partial charge < -0.3 is 10.8 Å². The van der Waals surface area contributed by atoms with Crippen LogP contribution in [0.2, 0.25) is 0 Å². The molecule has 8 nitrogen and oxygen atoms in total. The van der Waals surface area contributed by atoms with Crippen molar-refractivity contribution in [3.63, 3.8) is 0 Å². The van der Waals surface area contributed by atoms with Crippen molar-refractivity contribution in [1.82, 2.24) is 19.9 Å². The molecule has 0 saturated carbocycles. The molecule has 4 aromatic heterocycles. The van der Waals surface area contributed by atoms with Crippen molar-refractivity contribution in [2.45, 2.75) is 0 Å². The number of nitrogens with zero attached hydrogens (tertiary/aromatic N) is 6. The Labute approximate surface area is 210 Å². The summed E-state index contributed by atoms with van der Waals surface area (Å²) in [6.45, 7) is 0. The summed E-state index contributed by atoms with van der Waals surface area (Å²) in [6, 6.07) is 24.3. The van der Waals surface area contributed by atoms with Gasteiger partial charge in [-0.15, -0.1) is 0 Å². The Morgan fingerprint density at radius 1 is 0.457 bits per heavy atom. The minimum atomic E-state index is 0. The molecule has 2 aromatic carbocycles. The molecule has 1 radical (unpaired) electrons. The third-order valence-electron chi connectivity index (χ3n) is 4.69. The van der Waals surface area contributed by atoms with Crippen LogP contribution in [-0.4, -0.2) is 32.1 Å². The first kappa shape index (κ1) is 26.6. The van der Waals surface area contributed by atoms with Crippen LogP contribution in [0, 0.1) is 0 Å². The van der Waals surface area contributed by atoms with Crippen LogP contribution in [0.3, 0.4) is 0 Å². The molecular weight excluding hydrogens is 483 g/mol. The fraction of sp³-hybridized carbons (Fsp3) is 0. The van der Waals surface area contributed by atoms with Crippen LogP contribution in [-0.2, 0) is 26.7 Å². The summed E-state index contributed by atoms with van der Waals surface area (Å²) in [5.74, 6) is 0. The number of aromatic nitrogens is 4. The van der Waals surface area contributed by atoms with E-state index in [0.29, 0.717) is 12.2 Å². The van der Waals surface area contributed by atoms with Crippen molar-refractivity contribution in [2.24, 2.45) is 0 Å². The van der Waals surface area contributed by atoms with Crippen LogP contribution in [0.5, 0.6) is 0 Å². The average Bonchev–Trinajstić information content (AvgIpc) is 2.90. The summed E-state index contributed by atoms with van der Waals surface area (Å²) < 4.78 is 0. The van der Waals surface area contributed by atoms with Gasteiger partial charge in [0.25, 0.3) is 0 Å². The summed E-state index contributed by atoms with van der Waals surface area (Å²) in [6.07, 6.45) is 8.21. The van der Waals surface area contributed by atoms with Crippen LogP contribution in [0.4, 0.5) is 0 Å². The molecular formula is C26H16MnN6O2. The zero-order valence-electron chi connectivity index (χ0n) is 18.1. The molecule has 0 spiro atoms. The van der Waals surface area contributed by atoms with E-state index in [0.717, 1.165) is 43.6 Å². The number of pyridine rings is 4. The number of isocyanates is 2. The second-order valence-electron chi connectivity index (χ2n) is 6.61. The van der Waals surface area contributed by atoms with Gasteiger partial charge in [-0.25, -0.2) is 0 Å². The molecule has 0 unspecified atom stereocenters. The number of fused-ring (bicyclic) bond motifs is 6. The summed E-state index contributed by atoms with van der Waals surface area (Å²) in [5.41, 5.74) is 3.91. The smallest absolute Gasteiger partial charge is 0.724 e. The predicted octanol–water partition coefficient (Wildman–Crippen LogP) is 5.35. The van der Waals surface area contributed by atoms with E-state index in [4.69, 9.17) is 20.4 Å². The van der Waals surface area contributed by atoms with E-state index in [1.165, 1.54) is 0 Å². The fourth-order valence-corrected chi connectivity index (χ4v) is 3.36. The summed E-state index contributed by atoms with van der Waals surface area (Å²) in [7, 11) is 0. The number of rotatable bonds is 0. The monoisotopic (exact) mass is 499 g/mol. The summed E-state index contributed by atoms with van der Waals surface area (Å²) in [5, 5.41) is 18.1. The quantitative estimate of drug-likeness (QED) is 0.120. The molecule has 0 fully saturated rings. The molecule has 0 atom stereocenters. The van der Waals surface area contributed by atoms with Gasteiger partial charge in [-0.3, -0.25) is 29.5 Å². The van der Waals surface area contributed by atoms with Gasteiger partial charge in [-0.1, -0.05) is 48.5 Å². The summed E-state index contributed by atoms with van der Waals surface area (Å²) in [4.78, 5) is 33.9. The van der Waals surface area contributed by atoms with Crippen LogP contribution in [0.25, 0.3) is 54.4 Å². The Morgan fingerprint density at radius 3 is 0.857 bits per heavy atom. The molecule has 0 saturated heterocycles. The maximum atomic E-state index is 8.24. The Bertz CT molecular complexity index is 1400. The van der Waals surface area contributed by atoms with Gasteiger partial charge >= 0.3 is 17.1 Å². The van der Waals surface area contributed by atoms with Gasteiger partial charge in [0.05, 0.1) is 22.1 Å². The first-order valence-electron chi connectivity index (χ1n) is 9.93. The van der Waals surface area contributed by atoms with Crippen molar-refractivity contribution >= 4 is 55.8 Å². The Balaban J connectivity index is 0.000000198. The van der Waals surface area contributed by atoms with Crippen molar-refractivity contribution < 1.29 is 26.7 Å². The molecule has 0 N–H and O–H groups in total. The maximum absolute atomic E-state index is 8.24. The number of hydrogen-bond acceptors (Lipinski definition) is 6. The second-order valence-corrected chi connectivity index (χ2v) is 6.61. The standard InChI is InChI=1S/2C12H8N2.2CNO.Mn/c2*1-3-9-5-6-10-4-2-8-14-12(10)11(9)13-7-1;2*2-1-3;/h2*1-8H;;;/q;;2*-1;+2. The minimum absolute atomic E-state index is 0. The third kappa shape index (κ3) is 6.68. The topological polar surface area (TPSA) is 130 Å². The van der Waals surface area contributed by atoms with Crippen molar-refractivity contribution in [1.29, 1.82) is 0 Å². The maximum Gasteiger partial charge on any atom is 2.00 e. The molecule has 0 aliphatic rings. The molecule has 169 valence electrons. The molecule has 0 bridgehead atoms. The van der Waals surface area contributed by atoms with Gasteiger partial charge in [0, 0.05) is 46.3 Å². The van der Waals surface area contributed by atoms with Crippen LogP contribution >= 0.6 is 0 Å². The number of hydrogen-bond donors (Lipinski definition) is 0. The van der Waals surface area contributed by atoms with E-state index < -0.39 is 0 Å². The number of carbonyl (C=O) groups excluding carboxylic acids is 2. The average molecular weight is 499 g/mol. The van der Waals surface area contributed by atoms with E-state index in [1.807, 2.05) is 24.3 Å². The molecule has 0 aliphatic carbocycles. The van der Waals surface area contributed by atoms with E-state index in [1.54, 1.807) is 24.8 Å². The zero-order valence-corrected chi connectivity index (χ0v) is 19.3. The van der Waals surface area contributed by atoms with Gasteiger partial charge in [-0.2, -0.15) is 0 Å². The van der Waals surface area contributed by atoms with E-state index in [2.05, 4.69) is 68.5 Å². The molecule has 0 aliphatic heterocycles. The van der Waals surface area contributed by atoms with Crippen molar-refractivity contribution in [2.75, 3.05) is 0 Å². The van der Waals surface area contributed by atoms with Crippen molar-refractivity contribution in [3.05, 3.63) is 108 Å². The van der Waals surface area contributed by atoms with Crippen LogP contribution in [0.1, 0.15) is 0 Å². The molecule has 9 heteroatoms. The van der Waals surface area contributed by atoms with Crippen molar-refractivity contribution in [3.8, 4) is 0 Å². The second kappa shape index (κ2) is 13.8. The summed E-state index contributed by atoms with van der Waals surface area (Å²) >= 11 is 0. The van der Waals surface area contributed by atoms with Crippen LogP contribution < -0.4 is 0 Å². The minimum Gasteiger partial charge on any atom is -0.724 e. The largest absolute Gasteiger partial charge is 2.00 e. The van der Waals surface area contributed by atoms with Gasteiger partial charge in [0.15, 0.2) is 0 Å². The fourth-order valence-electron chi connectivity index (χ4n) is 3.36. The first-order valence-corrected chi connectivity index (χ1v) is 9.93. The van der Waals surface area contributed by atoms with E-state index in [9.17, 15) is 0 Å². The van der Waals surface area contributed by atoms with Gasteiger partial charge in [0.2, 0.25) is 0 Å².